The molecule has 48 heavy (non-hydrogen) atoms. The highest BCUT2D eigenvalue weighted by Crippen LogP contribution is 2.30. The fourth-order valence-corrected chi connectivity index (χ4v) is 4.46. The second-order valence-corrected chi connectivity index (χ2v) is 10.5. The van der Waals surface area contributed by atoms with Crippen LogP contribution in [0.25, 0.3) is 11.3 Å². The van der Waals surface area contributed by atoms with E-state index in [-0.39, 0.29) is 25.0 Å². The van der Waals surface area contributed by atoms with Crippen LogP contribution in [0, 0.1) is 11.8 Å². The van der Waals surface area contributed by atoms with E-state index in [1.165, 1.54) is 13.5 Å². The van der Waals surface area contributed by atoms with Crippen LogP contribution in [0.2, 0.25) is 0 Å². The van der Waals surface area contributed by atoms with Crippen molar-refractivity contribution in [2.75, 3.05) is 26.7 Å². The standard InChI is InChI=1S/C32H37N7O4.C3H8.C2H4/c1-3-18-39(30(40)21-37-32(41)42-2)22-29-36-20-27(38-29)24-15-14-23(28(19-24)43-25-11-5-4-6-12-25)10-7-8-16-35-31(33)26-13-9-17-34-26;1-3-2;1-2/h4-6,8,11-12,14-16,19-20,26,34H,3,9,13,17-18,21-22H2,1-2H3,(H2,33,35)(H,36,38)(H,37,41);3H2,1-2H3;1-2H2/b16-8+;;. The normalized spacial score (nSPS) is 13.6. The minimum atomic E-state index is -0.655. The number of amides is 2. The van der Waals surface area contributed by atoms with Crippen LogP contribution < -0.4 is 21.1 Å². The maximum atomic E-state index is 12.7. The molecule has 2 aromatic carbocycles. The number of benzene rings is 2. The van der Waals surface area contributed by atoms with E-state index in [1.54, 1.807) is 23.4 Å². The zero-order valence-corrected chi connectivity index (χ0v) is 28.6. The third-order valence-corrected chi connectivity index (χ3v) is 6.65. The summed E-state index contributed by atoms with van der Waals surface area (Å²) in [5.74, 6) is 8.36. The van der Waals surface area contributed by atoms with Crippen LogP contribution in [-0.4, -0.2) is 65.5 Å². The SMILES string of the molecule is C=C.CCC.CCCN(Cc1ncc(-c2ccc(C#C/C=C/N=C(N)C3CCCN3)c(Oc3ccccc3)c2)[nH]1)C(=O)CNC(=O)OC. The summed E-state index contributed by atoms with van der Waals surface area (Å²) in [6.07, 6.45) is 8.42. The number of imidazole rings is 1. The minimum absolute atomic E-state index is 0.123. The van der Waals surface area contributed by atoms with Crippen LogP contribution in [0.3, 0.4) is 0 Å². The van der Waals surface area contributed by atoms with E-state index in [9.17, 15) is 9.59 Å². The molecule has 256 valence electrons. The molecule has 1 aliphatic rings. The summed E-state index contributed by atoms with van der Waals surface area (Å²) in [6.45, 7) is 13.8. The number of hydrogen-bond acceptors (Lipinski definition) is 7. The van der Waals surface area contributed by atoms with Gasteiger partial charge in [-0.25, -0.2) is 14.8 Å². The van der Waals surface area contributed by atoms with Gasteiger partial charge in [-0.3, -0.25) is 4.79 Å². The maximum Gasteiger partial charge on any atom is 0.407 e. The topological polar surface area (TPSA) is 147 Å². The molecule has 4 rings (SSSR count). The molecule has 2 heterocycles. The molecule has 0 spiro atoms. The van der Waals surface area contributed by atoms with Gasteiger partial charge in [0.2, 0.25) is 5.91 Å². The van der Waals surface area contributed by atoms with Crippen LogP contribution in [0.4, 0.5) is 4.79 Å². The molecule has 1 unspecified atom stereocenters. The van der Waals surface area contributed by atoms with Gasteiger partial charge >= 0.3 is 6.09 Å². The summed E-state index contributed by atoms with van der Waals surface area (Å²) in [6, 6.07) is 15.3. The van der Waals surface area contributed by atoms with E-state index in [2.05, 4.69) is 69.2 Å². The first kappa shape index (κ1) is 38.8. The first-order valence-corrected chi connectivity index (χ1v) is 16.1. The fourth-order valence-electron chi connectivity index (χ4n) is 4.46. The van der Waals surface area contributed by atoms with Gasteiger partial charge in [-0.05, 0) is 50.1 Å². The number of methoxy groups -OCH3 is 1. The summed E-state index contributed by atoms with van der Waals surface area (Å²) >= 11 is 0. The smallest absolute Gasteiger partial charge is 0.407 e. The molecule has 11 nitrogen and oxygen atoms in total. The number of allylic oxidation sites excluding steroid dienone is 1. The first-order valence-electron chi connectivity index (χ1n) is 16.1. The third kappa shape index (κ3) is 13.2. The highest BCUT2D eigenvalue weighted by atomic mass is 16.5. The number of aromatic amines is 1. The number of aromatic nitrogens is 2. The van der Waals surface area contributed by atoms with Crippen molar-refractivity contribution in [2.45, 2.75) is 59.0 Å². The van der Waals surface area contributed by atoms with Crippen LogP contribution in [-0.2, 0) is 16.1 Å². The maximum absolute atomic E-state index is 12.7. The van der Waals surface area contributed by atoms with E-state index in [4.69, 9.17) is 10.5 Å². The molecular formula is C37H49N7O4. The van der Waals surface area contributed by atoms with Gasteiger partial charge in [0.1, 0.15) is 29.7 Å². The number of H-pyrrole nitrogens is 1. The monoisotopic (exact) mass is 655 g/mol. The van der Waals surface area contributed by atoms with Gasteiger partial charge in [0.25, 0.3) is 0 Å². The molecule has 0 radical (unpaired) electrons. The highest BCUT2D eigenvalue weighted by molar-refractivity contribution is 5.86. The van der Waals surface area contributed by atoms with Crippen LogP contribution >= 0.6 is 0 Å². The number of carbonyl (C=O) groups excluding carboxylic acids is 2. The lowest BCUT2D eigenvalue weighted by Crippen LogP contribution is -2.40. The Balaban J connectivity index is 0.00000151. The number of carbonyl (C=O) groups is 2. The van der Waals surface area contributed by atoms with Crippen LogP contribution in [0.5, 0.6) is 11.5 Å². The summed E-state index contributed by atoms with van der Waals surface area (Å²) in [4.78, 5) is 37.8. The molecule has 0 aliphatic carbocycles. The van der Waals surface area contributed by atoms with Gasteiger partial charge in [0.15, 0.2) is 0 Å². The zero-order valence-electron chi connectivity index (χ0n) is 28.6. The van der Waals surface area contributed by atoms with Crippen molar-refractivity contribution < 1.29 is 19.1 Å². The number of nitrogens with zero attached hydrogens (tertiary/aromatic N) is 3. The molecule has 5 N–H and O–H groups in total. The summed E-state index contributed by atoms with van der Waals surface area (Å²) in [7, 11) is 1.25. The van der Waals surface area contributed by atoms with Crippen molar-refractivity contribution in [1.29, 1.82) is 0 Å². The molecule has 1 atom stereocenters. The molecule has 3 aromatic rings. The number of ether oxygens (including phenoxy) is 2. The number of nitrogens with one attached hydrogen (secondary N) is 3. The molecule has 0 bridgehead atoms. The highest BCUT2D eigenvalue weighted by Gasteiger charge is 2.18. The number of rotatable bonds is 11. The zero-order chi connectivity index (χ0) is 35.1. The molecule has 1 saturated heterocycles. The number of nitrogens with two attached hydrogens (primary N) is 1. The first-order chi connectivity index (χ1) is 23.4. The van der Waals surface area contributed by atoms with Crippen molar-refractivity contribution >= 4 is 17.8 Å². The lowest BCUT2D eigenvalue weighted by atomic mass is 10.1. The minimum Gasteiger partial charge on any atom is -0.456 e. The van der Waals surface area contributed by atoms with Gasteiger partial charge < -0.3 is 35.7 Å². The summed E-state index contributed by atoms with van der Waals surface area (Å²) in [5.41, 5.74) is 8.36. The van der Waals surface area contributed by atoms with E-state index in [0.717, 1.165) is 37.1 Å². The summed E-state index contributed by atoms with van der Waals surface area (Å²) < 4.78 is 10.8. The van der Waals surface area contributed by atoms with Gasteiger partial charge in [0, 0.05) is 24.4 Å². The number of aliphatic imine (C=N–C) groups is 1. The van der Waals surface area contributed by atoms with Crippen molar-refractivity contribution in [3.8, 4) is 34.6 Å². The van der Waals surface area contributed by atoms with Crippen LogP contribution in [0.1, 0.15) is 57.8 Å². The second-order valence-electron chi connectivity index (χ2n) is 10.5. The Labute approximate surface area is 284 Å². The fraction of sp³-hybridized carbons (Fsp3) is 0.351. The van der Waals surface area contributed by atoms with E-state index >= 15 is 0 Å². The molecule has 1 fully saturated rings. The molecule has 11 heteroatoms. The average molecular weight is 656 g/mol. The number of hydrogen-bond donors (Lipinski definition) is 4. The van der Waals surface area contributed by atoms with E-state index in [1.807, 2.05) is 55.5 Å². The Hall–Kier alpha value is -5.34. The molecule has 2 amide bonds. The average Bonchev–Trinajstić information content (AvgIpc) is 3.82. The Morgan fingerprint density at radius 1 is 1.19 bits per heavy atom. The lowest BCUT2D eigenvalue weighted by molar-refractivity contribution is -0.130. The van der Waals surface area contributed by atoms with Crippen molar-refractivity contribution in [3.63, 3.8) is 0 Å². The Kier molecular flexibility index (Phi) is 18.0. The third-order valence-electron chi connectivity index (χ3n) is 6.65. The quantitative estimate of drug-likeness (QED) is 0.0838. The van der Waals surface area contributed by atoms with Gasteiger partial charge in [-0.1, -0.05) is 63.3 Å². The van der Waals surface area contributed by atoms with Crippen LogP contribution in [0.15, 0.2) is 85.2 Å². The van der Waals surface area contributed by atoms with Gasteiger partial charge in [-0.2, -0.15) is 0 Å². The Morgan fingerprint density at radius 3 is 2.60 bits per heavy atom. The van der Waals surface area contributed by atoms with Crippen molar-refractivity contribution in [1.82, 2.24) is 25.5 Å². The number of para-hydroxylation sites is 1. The molecule has 0 saturated carbocycles. The van der Waals surface area contributed by atoms with E-state index in [0.29, 0.717) is 35.3 Å². The van der Waals surface area contributed by atoms with E-state index < -0.39 is 6.09 Å². The largest absolute Gasteiger partial charge is 0.456 e. The Morgan fingerprint density at radius 2 is 1.94 bits per heavy atom. The second kappa shape index (κ2) is 22.2. The van der Waals surface area contributed by atoms with Gasteiger partial charge in [-0.15, -0.1) is 13.2 Å². The summed E-state index contributed by atoms with van der Waals surface area (Å²) in [5, 5.41) is 5.75. The molecule has 1 aliphatic heterocycles. The molecule has 1 aromatic heterocycles. The number of amidine groups is 1. The lowest BCUT2D eigenvalue weighted by Gasteiger charge is -2.21. The molecular weight excluding hydrogens is 606 g/mol. The predicted molar refractivity (Wildman–Crippen MR) is 193 cm³/mol. The van der Waals surface area contributed by atoms with Gasteiger partial charge in [0.05, 0.1) is 37.2 Å². The number of alkyl carbamates (subject to hydrolysis) is 1. The van der Waals surface area contributed by atoms with Crippen molar-refractivity contribution in [3.05, 3.63) is 91.5 Å². The predicted octanol–water partition coefficient (Wildman–Crippen LogP) is 6.16. The Bertz CT molecular complexity index is 1530. The van der Waals surface area contributed by atoms with Crippen molar-refractivity contribution in [2.24, 2.45) is 10.7 Å².